The Labute approximate surface area is 103 Å². The molecule has 2 fully saturated rings. The van der Waals surface area contributed by atoms with E-state index in [1.807, 2.05) is 18.2 Å². The fourth-order valence-corrected chi connectivity index (χ4v) is 3.97. The Bertz CT molecular complexity index is 391. The lowest BCUT2D eigenvalue weighted by atomic mass is 9.73. The third-order valence-electron chi connectivity index (χ3n) is 4.94. The maximum absolute atomic E-state index is 11.1. The summed E-state index contributed by atoms with van der Waals surface area (Å²) in [5.41, 5.74) is 0.562. The van der Waals surface area contributed by atoms with Crippen molar-refractivity contribution in [1.82, 2.24) is 0 Å². The molecular formula is C15H22NO+. The van der Waals surface area contributed by atoms with Crippen molar-refractivity contribution in [2.45, 2.75) is 37.3 Å². The minimum absolute atomic E-state index is 0.457. The zero-order valence-electron chi connectivity index (χ0n) is 10.5. The number of quaternary nitrogens is 1. The van der Waals surface area contributed by atoms with E-state index in [0.717, 1.165) is 18.5 Å². The standard InChI is InChI=1S/C15H21NO/c1-16-11-10-15(17,12-6-3-2-4-7-12)13-8-5-9-14(13)16/h2-4,6-7,13-14,17H,5,8-11H2,1H3/p+1/t13-,14+,15-/m0/s1. The van der Waals surface area contributed by atoms with Crippen LogP contribution in [0.1, 0.15) is 31.2 Å². The van der Waals surface area contributed by atoms with Gasteiger partial charge in [0.2, 0.25) is 0 Å². The molecule has 2 heteroatoms. The molecule has 0 amide bonds. The van der Waals surface area contributed by atoms with Gasteiger partial charge in [-0.2, -0.15) is 0 Å². The van der Waals surface area contributed by atoms with Crippen LogP contribution in [0.25, 0.3) is 0 Å². The number of likely N-dealkylation sites (tertiary alicyclic amines) is 1. The van der Waals surface area contributed by atoms with Crippen molar-refractivity contribution in [3.05, 3.63) is 35.9 Å². The maximum Gasteiger partial charge on any atom is 0.103 e. The first-order valence-corrected chi connectivity index (χ1v) is 6.82. The van der Waals surface area contributed by atoms with Crippen molar-refractivity contribution in [2.24, 2.45) is 5.92 Å². The second-order valence-electron chi connectivity index (χ2n) is 5.78. The number of piperidine rings is 1. The normalized spacial score (nSPS) is 41.2. The smallest absolute Gasteiger partial charge is 0.103 e. The third kappa shape index (κ3) is 1.71. The second kappa shape index (κ2) is 4.11. The molecule has 2 nitrogen and oxygen atoms in total. The van der Waals surface area contributed by atoms with Gasteiger partial charge in [-0.1, -0.05) is 30.3 Å². The Hall–Kier alpha value is -0.860. The van der Waals surface area contributed by atoms with Crippen molar-refractivity contribution in [3.8, 4) is 0 Å². The summed E-state index contributed by atoms with van der Waals surface area (Å²) in [4.78, 5) is 1.62. The number of benzene rings is 1. The molecule has 0 radical (unpaired) electrons. The van der Waals surface area contributed by atoms with E-state index in [4.69, 9.17) is 0 Å². The number of nitrogens with one attached hydrogen (secondary N) is 1. The van der Waals surface area contributed by atoms with Crippen molar-refractivity contribution < 1.29 is 10.0 Å². The van der Waals surface area contributed by atoms with Gasteiger partial charge < -0.3 is 10.0 Å². The minimum atomic E-state index is -0.568. The van der Waals surface area contributed by atoms with Crippen LogP contribution in [-0.2, 0) is 5.60 Å². The molecule has 1 aliphatic carbocycles. The number of aliphatic hydroxyl groups is 1. The molecule has 1 saturated heterocycles. The van der Waals surface area contributed by atoms with Gasteiger partial charge in [-0.05, 0) is 24.8 Å². The zero-order chi connectivity index (χ0) is 11.9. The van der Waals surface area contributed by atoms with Crippen molar-refractivity contribution in [3.63, 3.8) is 0 Å². The molecule has 0 spiro atoms. The minimum Gasteiger partial charge on any atom is -0.384 e. The van der Waals surface area contributed by atoms with Gasteiger partial charge in [0.25, 0.3) is 0 Å². The van der Waals surface area contributed by atoms with E-state index in [9.17, 15) is 5.11 Å². The van der Waals surface area contributed by atoms with Gasteiger partial charge in [-0.15, -0.1) is 0 Å². The van der Waals surface area contributed by atoms with Crippen molar-refractivity contribution >= 4 is 0 Å². The highest BCUT2D eigenvalue weighted by Gasteiger charge is 2.51. The molecule has 1 aromatic carbocycles. The summed E-state index contributed by atoms with van der Waals surface area (Å²) in [6.45, 7) is 1.09. The summed E-state index contributed by atoms with van der Waals surface area (Å²) in [7, 11) is 2.29. The van der Waals surface area contributed by atoms with E-state index in [2.05, 4.69) is 19.2 Å². The fraction of sp³-hybridized carbons (Fsp3) is 0.600. The summed E-state index contributed by atoms with van der Waals surface area (Å²) < 4.78 is 0. The maximum atomic E-state index is 11.1. The SMILES string of the molecule is C[NH+]1CC[C@](O)(c2ccccc2)[C@H]2CCC[C@H]21. The van der Waals surface area contributed by atoms with Crippen LogP contribution in [0, 0.1) is 5.92 Å². The summed E-state index contributed by atoms with van der Waals surface area (Å²) in [6, 6.07) is 11.0. The highest BCUT2D eigenvalue weighted by atomic mass is 16.3. The third-order valence-corrected chi connectivity index (χ3v) is 4.94. The Morgan fingerprint density at radius 3 is 2.76 bits per heavy atom. The van der Waals surface area contributed by atoms with Crippen LogP contribution >= 0.6 is 0 Å². The van der Waals surface area contributed by atoms with Gasteiger partial charge in [-0.25, -0.2) is 0 Å². The van der Waals surface area contributed by atoms with Crippen molar-refractivity contribution in [2.75, 3.05) is 13.6 Å². The number of rotatable bonds is 1. The van der Waals surface area contributed by atoms with Crippen LogP contribution in [0.15, 0.2) is 30.3 Å². The molecule has 92 valence electrons. The van der Waals surface area contributed by atoms with Gasteiger partial charge in [0.05, 0.1) is 19.6 Å². The second-order valence-corrected chi connectivity index (χ2v) is 5.78. The molecule has 1 unspecified atom stereocenters. The topological polar surface area (TPSA) is 24.7 Å². The van der Waals surface area contributed by atoms with E-state index in [-0.39, 0.29) is 0 Å². The quantitative estimate of drug-likeness (QED) is 0.741. The summed E-state index contributed by atoms with van der Waals surface area (Å²) in [5.74, 6) is 0.457. The average molecular weight is 232 g/mol. The fourth-order valence-electron chi connectivity index (χ4n) is 3.97. The Balaban J connectivity index is 1.97. The lowest BCUT2D eigenvalue weighted by Gasteiger charge is -2.44. The Morgan fingerprint density at radius 2 is 2.00 bits per heavy atom. The molecule has 1 saturated carbocycles. The lowest BCUT2D eigenvalue weighted by molar-refractivity contribution is -0.918. The van der Waals surface area contributed by atoms with E-state index in [0.29, 0.717) is 12.0 Å². The molecule has 2 N–H and O–H groups in total. The predicted octanol–water partition coefficient (Wildman–Crippen LogP) is 0.961. The number of fused-ring (bicyclic) bond motifs is 1. The van der Waals surface area contributed by atoms with Crippen LogP contribution < -0.4 is 4.90 Å². The van der Waals surface area contributed by atoms with E-state index in [1.54, 1.807) is 4.90 Å². The molecule has 0 aromatic heterocycles. The molecule has 0 bridgehead atoms. The van der Waals surface area contributed by atoms with E-state index in [1.165, 1.54) is 19.3 Å². The average Bonchev–Trinajstić information content (AvgIpc) is 2.86. The van der Waals surface area contributed by atoms with Crippen LogP contribution in [0.5, 0.6) is 0 Å². The molecule has 3 rings (SSSR count). The number of hydrogen-bond acceptors (Lipinski definition) is 1. The summed E-state index contributed by atoms with van der Waals surface area (Å²) in [6.07, 6.45) is 4.66. The highest BCUT2D eigenvalue weighted by molar-refractivity contribution is 5.24. The molecule has 17 heavy (non-hydrogen) atoms. The molecule has 1 aromatic rings. The van der Waals surface area contributed by atoms with E-state index >= 15 is 0 Å². The van der Waals surface area contributed by atoms with Gasteiger partial charge in [-0.3, -0.25) is 0 Å². The van der Waals surface area contributed by atoms with Gasteiger partial charge in [0, 0.05) is 12.3 Å². The molecule has 2 aliphatic rings. The molecule has 1 heterocycles. The predicted molar refractivity (Wildman–Crippen MR) is 67.8 cm³/mol. The lowest BCUT2D eigenvalue weighted by Crippen LogP contribution is -3.15. The van der Waals surface area contributed by atoms with Gasteiger partial charge in [0.1, 0.15) is 5.60 Å². The van der Waals surface area contributed by atoms with Crippen LogP contribution in [0.3, 0.4) is 0 Å². The van der Waals surface area contributed by atoms with Gasteiger partial charge >= 0.3 is 0 Å². The summed E-state index contributed by atoms with van der Waals surface area (Å²) in [5, 5.41) is 11.1. The Kier molecular flexibility index (Phi) is 2.72. The largest absolute Gasteiger partial charge is 0.384 e. The van der Waals surface area contributed by atoms with Crippen LogP contribution in [0.2, 0.25) is 0 Å². The first-order valence-electron chi connectivity index (χ1n) is 6.82. The van der Waals surface area contributed by atoms with Crippen LogP contribution in [-0.4, -0.2) is 24.7 Å². The molecular weight excluding hydrogens is 210 g/mol. The first kappa shape index (κ1) is 11.2. The molecule has 1 aliphatic heterocycles. The van der Waals surface area contributed by atoms with Gasteiger partial charge in [0.15, 0.2) is 0 Å². The molecule has 4 atom stereocenters. The number of hydrogen-bond donors (Lipinski definition) is 2. The van der Waals surface area contributed by atoms with E-state index < -0.39 is 5.60 Å². The van der Waals surface area contributed by atoms with Crippen LogP contribution in [0.4, 0.5) is 0 Å². The summed E-state index contributed by atoms with van der Waals surface area (Å²) >= 11 is 0. The Morgan fingerprint density at radius 1 is 1.24 bits per heavy atom. The van der Waals surface area contributed by atoms with Crippen molar-refractivity contribution in [1.29, 1.82) is 0 Å². The monoisotopic (exact) mass is 232 g/mol. The highest BCUT2D eigenvalue weighted by Crippen LogP contribution is 2.43. The first-order chi connectivity index (χ1) is 8.22. The zero-order valence-corrected chi connectivity index (χ0v) is 10.5.